The largest absolute Gasteiger partial charge is 0.472 e. The van der Waals surface area contributed by atoms with Gasteiger partial charge >= 0.3 is 15.6 Å². The molecule has 1 aliphatic heterocycles. The molecule has 264 valence electrons. The molecule has 0 aromatic rings. The van der Waals surface area contributed by atoms with Crippen LogP contribution in [0.4, 0.5) is 0 Å². The number of hydrazine groups is 1. The second kappa shape index (κ2) is 18.0. The fourth-order valence-electron chi connectivity index (χ4n) is 3.90. The molecule has 1 saturated heterocycles. The summed E-state index contributed by atoms with van der Waals surface area (Å²) in [7, 11) is -10.2. The van der Waals surface area contributed by atoms with Crippen LogP contribution in [0.1, 0.15) is 33.6 Å². The Balaban J connectivity index is 3.12. The molecule has 6 unspecified atom stereocenters. The molecule has 24 heteroatoms. The highest BCUT2D eigenvalue weighted by Crippen LogP contribution is 2.48. The first kappa shape index (κ1) is 41.3. The van der Waals surface area contributed by atoms with Crippen LogP contribution in [0.5, 0.6) is 0 Å². The van der Waals surface area contributed by atoms with Gasteiger partial charge in [-0.15, -0.1) is 0 Å². The van der Waals surface area contributed by atoms with Gasteiger partial charge in [0.2, 0.25) is 17.7 Å². The van der Waals surface area contributed by atoms with Crippen molar-refractivity contribution >= 4 is 33.4 Å². The van der Waals surface area contributed by atoms with Crippen molar-refractivity contribution in [2.24, 2.45) is 5.84 Å². The Morgan fingerprint density at radius 3 is 2.16 bits per heavy atom. The van der Waals surface area contributed by atoms with Crippen molar-refractivity contribution in [2.45, 2.75) is 88.2 Å². The molecule has 22 nitrogen and oxygen atoms in total. The van der Waals surface area contributed by atoms with E-state index >= 15 is 0 Å². The summed E-state index contributed by atoms with van der Waals surface area (Å²) in [5.41, 5.74) is -0.369. The molecule has 1 heterocycles. The number of phosphoric acid groups is 2. The van der Waals surface area contributed by atoms with Crippen LogP contribution in [-0.2, 0) is 46.6 Å². The molecule has 1 fully saturated rings. The SMILES string of the molecule is CC(=O)NC1C(O[C@H]([C@H](O)COP(=O)(O)O)[C@@H](O)C(C)(C)OP(=O)(O)OCCNC(=O)CCC(=O)NN)OC(CO)C(O)C1O. The van der Waals surface area contributed by atoms with Gasteiger partial charge in [-0.05, 0) is 13.8 Å². The molecule has 1 aliphatic rings. The van der Waals surface area contributed by atoms with E-state index in [9.17, 15) is 53.9 Å². The molecule has 0 spiro atoms. The van der Waals surface area contributed by atoms with Crippen LogP contribution in [0.3, 0.4) is 0 Å². The van der Waals surface area contributed by atoms with E-state index in [-0.39, 0.29) is 19.4 Å². The van der Waals surface area contributed by atoms with E-state index < -0.39 is 108 Å². The smallest absolute Gasteiger partial charge is 0.394 e. The average Bonchev–Trinajstić information content (AvgIpc) is 2.93. The van der Waals surface area contributed by atoms with Crippen LogP contribution < -0.4 is 21.9 Å². The summed E-state index contributed by atoms with van der Waals surface area (Å²) in [5, 5.41) is 56.7. The lowest BCUT2D eigenvalue weighted by molar-refractivity contribution is -0.304. The van der Waals surface area contributed by atoms with Gasteiger partial charge in [0.15, 0.2) is 6.29 Å². The third-order valence-corrected chi connectivity index (χ3v) is 7.82. The number of hydrogen-bond acceptors (Lipinski definition) is 16. The number of amides is 3. The molecule has 45 heavy (non-hydrogen) atoms. The standard InChI is InChI=1S/C21H42N4O18P2/c1-10(27)24-15-17(32)16(31)12(8-26)41-20(15)42-18(11(28)9-40-44(34,35)36)19(33)21(2,3)43-45(37,38)39-7-6-23-13(29)4-5-14(30)25-22/h11-12,15-20,26,28,31-33H,4-9,22H2,1-3H3,(H,23,29)(H,24,27)(H,25,30)(H,37,38)(H2,34,35,36)/t11-,12?,15?,16?,17?,18-,19-,20?/m1/s1. The second-order valence-electron chi connectivity index (χ2n) is 10.2. The average molecular weight is 701 g/mol. The summed E-state index contributed by atoms with van der Waals surface area (Å²) in [5.74, 6) is 2.94. The summed E-state index contributed by atoms with van der Waals surface area (Å²) in [6.45, 7) is 0.120. The van der Waals surface area contributed by atoms with E-state index in [0.29, 0.717) is 0 Å². The zero-order chi connectivity index (χ0) is 34.8. The van der Waals surface area contributed by atoms with Crippen LogP contribution >= 0.6 is 15.6 Å². The molecule has 3 amide bonds. The third kappa shape index (κ3) is 14.3. The molecule has 0 saturated carbocycles. The predicted octanol–water partition coefficient (Wildman–Crippen LogP) is -5.06. The fourth-order valence-corrected chi connectivity index (χ4v) is 5.32. The first-order chi connectivity index (χ1) is 20.6. The van der Waals surface area contributed by atoms with Gasteiger partial charge in [-0.25, -0.2) is 15.0 Å². The van der Waals surface area contributed by atoms with Gasteiger partial charge in [-0.2, -0.15) is 0 Å². The minimum Gasteiger partial charge on any atom is -0.394 e. The maximum absolute atomic E-state index is 12.6. The van der Waals surface area contributed by atoms with E-state index in [0.717, 1.165) is 20.8 Å². The van der Waals surface area contributed by atoms with Crippen LogP contribution in [0, 0.1) is 0 Å². The van der Waals surface area contributed by atoms with Crippen molar-refractivity contribution in [3.8, 4) is 0 Å². The van der Waals surface area contributed by atoms with Crippen molar-refractivity contribution in [3.63, 3.8) is 0 Å². The number of rotatable bonds is 19. The highest BCUT2D eigenvalue weighted by atomic mass is 31.2. The molecule has 0 aliphatic carbocycles. The molecular weight excluding hydrogens is 658 g/mol. The van der Waals surface area contributed by atoms with Gasteiger partial charge in [0.25, 0.3) is 0 Å². The number of phosphoric ester groups is 2. The molecule has 13 N–H and O–H groups in total. The van der Waals surface area contributed by atoms with Gasteiger partial charge in [-0.1, -0.05) is 0 Å². The lowest BCUT2D eigenvalue weighted by Gasteiger charge is -2.45. The van der Waals surface area contributed by atoms with Crippen LogP contribution in [0.2, 0.25) is 0 Å². The van der Waals surface area contributed by atoms with Crippen molar-refractivity contribution in [1.29, 1.82) is 0 Å². The van der Waals surface area contributed by atoms with Crippen LogP contribution in [0.15, 0.2) is 0 Å². The van der Waals surface area contributed by atoms with Gasteiger partial charge in [-0.3, -0.25) is 33.4 Å². The molecule has 0 radical (unpaired) electrons. The lowest BCUT2D eigenvalue weighted by Crippen LogP contribution is -2.66. The first-order valence-electron chi connectivity index (χ1n) is 13.2. The molecule has 0 aromatic carbocycles. The Hall–Kier alpha value is -1.69. The number of carbonyl (C=O) groups excluding carboxylic acids is 3. The molecule has 9 atom stereocenters. The Morgan fingerprint density at radius 2 is 1.62 bits per heavy atom. The van der Waals surface area contributed by atoms with E-state index in [1.807, 2.05) is 5.43 Å². The minimum atomic E-state index is -5.19. The Labute approximate surface area is 256 Å². The normalized spacial score (nSPS) is 25.8. The predicted molar refractivity (Wildman–Crippen MR) is 146 cm³/mol. The summed E-state index contributed by atoms with van der Waals surface area (Å²) < 4.78 is 49.0. The highest BCUT2D eigenvalue weighted by Gasteiger charge is 2.50. The number of carbonyl (C=O) groups is 3. The Morgan fingerprint density at radius 1 is 1.02 bits per heavy atom. The topological polar surface area (TPSA) is 355 Å². The Kier molecular flexibility index (Phi) is 16.5. The van der Waals surface area contributed by atoms with E-state index in [4.69, 9.17) is 34.2 Å². The van der Waals surface area contributed by atoms with Crippen LogP contribution in [-0.4, -0.2) is 139 Å². The van der Waals surface area contributed by atoms with Crippen molar-refractivity contribution < 1.29 is 86.8 Å². The van der Waals surface area contributed by atoms with Gasteiger partial charge in [0, 0.05) is 26.3 Å². The zero-order valence-corrected chi connectivity index (χ0v) is 26.3. The molecule has 0 aromatic heterocycles. The quantitative estimate of drug-likeness (QED) is 0.0197. The van der Waals surface area contributed by atoms with Crippen LogP contribution in [0.25, 0.3) is 0 Å². The van der Waals surface area contributed by atoms with Crippen molar-refractivity contribution in [1.82, 2.24) is 16.1 Å². The summed E-state index contributed by atoms with van der Waals surface area (Å²) in [6.07, 6.45) is -13.9. The van der Waals surface area contributed by atoms with E-state index in [2.05, 4.69) is 15.2 Å². The molecule has 0 bridgehead atoms. The molecular formula is C21H42N4O18P2. The van der Waals surface area contributed by atoms with E-state index in [1.54, 1.807) is 0 Å². The summed E-state index contributed by atoms with van der Waals surface area (Å²) in [6, 6.07) is -1.60. The van der Waals surface area contributed by atoms with Gasteiger partial charge in [0.05, 0.1) is 19.8 Å². The third-order valence-electron chi connectivity index (χ3n) is 6.13. The van der Waals surface area contributed by atoms with E-state index in [1.165, 1.54) is 0 Å². The number of hydrogen-bond donors (Lipinski definition) is 12. The monoisotopic (exact) mass is 700 g/mol. The Bertz CT molecular complexity index is 1080. The lowest BCUT2D eigenvalue weighted by atomic mass is 9.93. The van der Waals surface area contributed by atoms with Gasteiger partial charge < -0.3 is 60.3 Å². The highest BCUT2D eigenvalue weighted by molar-refractivity contribution is 7.47. The van der Waals surface area contributed by atoms with Crippen molar-refractivity contribution in [2.75, 3.05) is 26.4 Å². The maximum atomic E-state index is 12.6. The summed E-state index contributed by atoms with van der Waals surface area (Å²) >= 11 is 0. The first-order valence-corrected chi connectivity index (χ1v) is 16.2. The van der Waals surface area contributed by atoms with Gasteiger partial charge in [0.1, 0.15) is 48.3 Å². The summed E-state index contributed by atoms with van der Waals surface area (Å²) in [4.78, 5) is 62.9. The fraction of sp³-hybridized carbons (Fsp3) is 0.857. The number of ether oxygens (including phenoxy) is 2. The number of nitrogens with one attached hydrogen (secondary N) is 3. The number of nitrogens with two attached hydrogens (primary N) is 1. The number of aliphatic hydroxyl groups is 5. The second-order valence-corrected chi connectivity index (χ2v) is 12.9. The number of aliphatic hydroxyl groups excluding tert-OH is 5. The molecule has 1 rings (SSSR count). The van der Waals surface area contributed by atoms with Crippen molar-refractivity contribution in [3.05, 3.63) is 0 Å². The maximum Gasteiger partial charge on any atom is 0.472 e. The zero-order valence-electron chi connectivity index (χ0n) is 24.5. The minimum absolute atomic E-state index is 0.219.